The molecule has 5 nitrogen and oxygen atoms in total. The van der Waals surface area contributed by atoms with Gasteiger partial charge in [-0.25, -0.2) is 0 Å². The SMILES string of the molecule is CN1CCCN(C(=O)[C@H]2C3C=CC(C3)[C@H]2C(=O)O)CC1. The van der Waals surface area contributed by atoms with Gasteiger partial charge in [-0.1, -0.05) is 12.2 Å². The number of carbonyl (C=O) groups is 2. The Bertz CT molecular complexity index is 448. The minimum atomic E-state index is -0.813. The largest absolute Gasteiger partial charge is 0.481 e. The van der Waals surface area contributed by atoms with Gasteiger partial charge >= 0.3 is 5.97 Å². The van der Waals surface area contributed by atoms with E-state index in [0.717, 1.165) is 39.0 Å². The van der Waals surface area contributed by atoms with Crippen LogP contribution in [0.2, 0.25) is 0 Å². The molecule has 20 heavy (non-hydrogen) atoms. The van der Waals surface area contributed by atoms with Gasteiger partial charge in [0.2, 0.25) is 5.91 Å². The highest BCUT2D eigenvalue weighted by atomic mass is 16.4. The molecular weight excluding hydrogens is 256 g/mol. The lowest BCUT2D eigenvalue weighted by atomic mass is 9.82. The first-order valence-electron chi connectivity index (χ1n) is 7.46. The van der Waals surface area contributed by atoms with Crippen molar-refractivity contribution >= 4 is 11.9 Å². The molecule has 1 N–H and O–H groups in total. The van der Waals surface area contributed by atoms with Gasteiger partial charge in [-0.2, -0.15) is 0 Å². The first kappa shape index (κ1) is 13.6. The summed E-state index contributed by atoms with van der Waals surface area (Å²) in [6, 6.07) is 0. The Morgan fingerprint density at radius 2 is 1.75 bits per heavy atom. The lowest BCUT2D eigenvalue weighted by molar-refractivity contribution is -0.151. The number of aliphatic carboxylic acids is 1. The van der Waals surface area contributed by atoms with Gasteiger partial charge in [0.05, 0.1) is 11.8 Å². The van der Waals surface area contributed by atoms with E-state index in [1.165, 1.54) is 0 Å². The van der Waals surface area contributed by atoms with Crippen LogP contribution in [0.5, 0.6) is 0 Å². The zero-order valence-electron chi connectivity index (χ0n) is 11.9. The van der Waals surface area contributed by atoms with Crippen LogP contribution in [0.4, 0.5) is 0 Å². The molecule has 1 saturated heterocycles. The summed E-state index contributed by atoms with van der Waals surface area (Å²) in [6.45, 7) is 3.36. The Morgan fingerprint density at radius 1 is 1.05 bits per heavy atom. The quantitative estimate of drug-likeness (QED) is 0.754. The summed E-state index contributed by atoms with van der Waals surface area (Å²) in [4.78, 5) is 28.4. The Kier molecular flexibility index (Phi) is 3.54. The number of carboxylic acid groups (broad SMARTS) is 1. The molecule has 3 rings (SSSR count). The minimum Gasteiger partial charge on any atom is -0.481 e. The molecule has 1 heterocycles. The smallest absolute Gasteiger partial charge is 0.307 e. The maximum atomic E-state index is 12.8. The van der Waals surface area contributed by atoms with Crippen LogP contribution in [0, 0.1) is 23.7 Å². The lowest BCUT2D eigenvalue weighted by Gasteiger charge is -2.30. The molecule has 0 aromatic carbocycles. The molecule has 5 heteroatoms. The van der Waals surface area contributed by atoms with E-state index in [-0.39, 0.29) is 23.7 Å². The van der Waals surface area contributed by atoms with Gasteiger partial charge in [-0.15, -0.1) is 0 Å². The number of likely N-dealkylation sites (N-methyl/N-ethyl adjacent to an activating group) is 1. The van der Waals surface area contributed by atoms with E-state index in [1.807, 2.05) is 11.0 Å². The number of allylic oxidation sites excluding steroid dienone is 2. The third-order valence-corrected chi connectivity index (χ3v) is 5.06. The second-order valence-electron chi connectivity index (χ2n) is 6.32. The van der Waals surface area contributed by atoms with Crippen molar-refractivity contribution in [2.45, 2.75) is 12.8 Å². The Balaban J connectivity index is 1.76. The monoisotopic (exact) mass is 278 g/mol. The maximum absolute atomic E-state index is 12.8. The topological polar surface area (TPSA) is 60.9 Å². The minimum absolute atomic E-state index is 0.0566. The number of fused-ring (bicyclic) bond motifs is 2. The van der Waals surface area contributed by atoms with Crippen molar-refractivity contribution in [3.05, 3.63) is 12.2 Å². The summed E-state index contributed by atoms with van der Waals surface area (Å²) < 4.78 is 0. The molecule has 2 unspecified atom stereocenters. The van der Waals surface area contributed by atoms with E-state index in [2.05, 4.69) is 18.0 Å². The van der Waals surface area contributed by atoms with E-state index in [1.54, 1.807) is 0 Å². The molecular formula is C15H22N2O3. The van der Waals surface area contributed by atoms with Gasteiger partial charge in [0, 0.05) is 19.6 Å². The number of rotatable bonds is 2. The van der Waals surface area contributed by atoms with Crippen LogP contribution in [0.1, 0.15) is 12.8 Å². The first-order valence-corrected chi connectivity index (χ1v) is 7.46. The van der Waals surface area contributed by atoms with Gasteiger partial charge in [0.1, 0.15) is 0 Å². The zero-order chi connectivity index (χ0) is 14.3. The van der Waals surface area contributed by atoms with Crippen molar-refractivity contribution in [1.82, 2.24) is 9.80 Å². The Hall–Kier alpha value is -1.36. The summed E-state index contributed by atoms with van der Waals surface area (Å²) >= 11 is 0. The molecule has 1 amide bonds. The number of carbonyl (C=O) groups excluding carboxylic acids is 1. The molecule has 2 aliphatic carbocycles. The molecule has 3 aliphatic rings. The van der Waals surface area contributed by atoms with E-state index in [0.29, 0.717) is 0 Å². The van der Waals surface area contributed by atoms with Crippen molar-refractivity contribution in [3.63, 3.8) is 0 Å². The number of carboxylic acids is 1. The van der Waals surface area contributed by atoms with Crippen LogP contribution < -0.4 is 0 Å². The molecule has 0 spiro atoms. The molecule has 110 valence electrons. The normalized spacial score (nSPS) is 37.1. The third kappa shape index (κ3) is 2.24. The number of hydrogen-bond donors (Lipinski definition) is 1. The van der Waals surface area contributed by atoms with Gasteiger partial charge in [-0.05, 0) is 38.3 Å². The Labute approximate surface area is 119 Å². The predicted molar refractivity (Wildman–Crippen MR) is 74.0 cm³/mol. The highest BCUT2D eigenvalue weighted by molar-refractivity contribution is 5.87. The fourth-order valence-electron chi connectivity index (χ4n) is 3.97. The highest BCUT2D eigenvalue weighted by Gasteiger charge is 2.52. The summed E-state index contributed by atoms with van der Waals surface area (Å²) in [7, 11) is 2.06. The molecule has 0 aromatic rings. The van der Waals surface area contributed by atoms with Crippen LogP contribution in [0.15, 0.2) is 12.2 Å². The first-order chi connectivity index (χ1) is 9.58. The second kappa shape index (κ2) is 5.20. The predicted octanol–water partition coefficient (Wildman–Crippen LogP) is 0.673. The average Bonchev–Trinajstić information content (AvgIpc) is 2.95. The van der Waals surface area contributed by atoms with Crippen molar-refractivity contribution < 1.29 is 14.7 Å². The number of amides is 1. The van der Waals surface area contributed by atoms with E-state index < -0.39 is 11.9 Å². The van der Waals surface area contributed by atoms with Crippen molar-refractivity contribution in [2.75, 3.05) is 33.2 Å². The molecule has 0 aromatic heterocycles. The van der Waals surface area contributed by atoms with Crippen molar-refractivity contribution in [1.29, 1.82) is 0 Å². The molecule has 1 saturated carbocycles. The molecule has 2 bridgehead atoms. The fourth-order valence-corrected chi connectivity index (χ4v) is 3.97. The van der Waals surface area contributed by atoms with Gasteiger partial charge in [-0.3, -0.25) is 9.59 Å². The third-order valence-electron chi connectivity index (χ3n) is 5.06. The van der Waals surface area contributed by atoms with Crippen LogP contribution in [-0.4, -0.2) is 60.0 Å². The maximum Gasteiger partial charge on any atom is 0.307 e. The molecule has 0 radical (unpaired) electrons. The summed E-state index contributed by atoms with van der Waals surface area (Å²) in [5, 5.41) is 9.44. The number of hydrogen-bond acceptors (Lipinski definition) is 3. The van der Waals surface area contributed by atoms with Crippen LogP contribution in [0.3, 0.4) is 0 Å². The van der Waals surface area contributed by atoms with E-state index >= 15 is 0 Å². The van der Waals surface area contributed by atoms with Crippen LogP contribution in [-0.2, 0) is 9.59 Å². The second-order valence-corrected chi connectivity index (χ2v) is 6.32. The summed E-state index contributed by atoms with van der Waals surface area (Å²) in [5.74, 6) is -1.42. The fraction of sp³-hybridized carbons (Fsp3) is 0.733. The average molecular weight is 278 g/mol. The Morgan fingerprint density at radius 3 is 2.45 bits per heavy atom. The van der Waals surface area contributed by atoms with Gasteiger partial charge < -0.3 is 14.9 Å². The van der Waals surface area contributed by atoms with Crippen LogP contribution >= 0.6 is 0 Å². The molecule has 4 atom stereocenters. The molecule has 2 fully saturated rings. The van der Waals surface area contributed by atoms with E-state index in [4.69, 9.17) is 0 Å². The highest BCUT2D eigenvalue weighted by Crippen LogP contribution is 2.48. The van der Waals surface area contributed by atoms with Crippen molar-refractivity contribution in [2.24, 2.45) is 23.7 Å². The standard InChI is InChI=1S/C15H22N2O3/c1-16-5-2-6-17(8-7-16)14(18)12-10-3-4-11(9-10)13(12)15(19)20/h3-4,10-13H,2,5-9H2,1H3,(H,19,20)/t10?,11?,12-,13+/m0/s1. The van der Waals surface area contributed by atoms with Crippen LogP contribution in [0.25, 0.3) is 0 Å². The summed E-state index contributed by atoms with van der Waals surface area (Å²) in [5.41, 5.74) is 0. The van der Waals surface area contributed by atoms with E-state index in [9.17, 15) is 14.7 Å². The van der Waals surface area contributed by atoms with Gasteiger partial charge in [0.15, 0.2) is 0 Å². The zero-order valence-corrected chi connectivity index (χ0v) is 11.9. The molecule has 1 aliphatic heterocycles. The lowest BCUT2D eigenvalue weighted by Crippen LogP contribution is -2.44. The summed E-state index contributed by atoms with van der Waals surface area (Å²) in [6.07, 6.45) is 5.85. The van der Waals surface area contributed by atoms with Gasteiger partial charge in [0.25, 0.3) is 0 Å². The van der Waals surface area contributed by atoms with Crippen molar-refractivity contribution in [3.8, 4) is 0 Å². The number of nitrogens with zero attached hydrogens (tertiary/aromatic N) is 2.